The van der Waals surface area contributed by atoms with Crippen LogP contribution in [0.2, 0.25) is 0 Å². The SMILES string of the molecule is O=C(NCc1cccc(Br)c1)Nc1cccs1. The number of halogens is 1. The van der Waals surface area contributed by atoms with Crippen molar-refractivity contribution in [2.75, 3.05) is 5.32 Å². The van der Waals surface area contributed by atoms with Crippen LogP contribution in [0.5, 0.6) is 0 Å². The summed E-state index contributed by atoms with van der Waals surface area (Å²) in [5.41, 5.74) is 1.06. The molecule has 0 radical (unpaired) electrons. The molecule has 0 saturated carbocycles. The van der Waals surface area contributed by atoms with E-state index in [0.29, 0.717) is 6.54 Å². The van der Waals surface area contributed by atoms with Gasteiger partial charge in [0.05, 0.1) is 5.00 Å². The Morgan fingerprint density at radius 3 is 2.88 bits per heavy atom. The smallest absolute Gasteiger partial charge is 0.320 e. The maximum Gasteiger partial charge on any atom is 0.320 e. The molecule has 0 spiro atoms. The van der Waals surface area contributed by atoms with Crippen LogP contribution in [-0.4, -0.2) is 6.03 Å². The fraction of sp³-hybridized carbons (Fsp3) is 0.0833. The number of urea groups is 1. The second-order valence-corrected chi connectivity index (χ2v) is 5.28. The Kier molecular flexibility index (Phi) is 4.17. The zero-order valence-electron chi connectivity index (χ0n) is 8.94. The molecular formula is C12H11BrN2OS. The Morgan fingerprint density at radius 2 is 2.18 bits per heavy atom. The summed E-state index contributed by atoms with van der Waals surface area (Å²) in [4.78, 5) is 11.5. The maximum absolute atomic E-state index is 11.5. The zero-order valence-corrected chi connectivity index (χ0v) is 11.3. The fourth-order valence-corrected chi connectivity index (χ4v) is 2.39. The van der Waals surface area contributed by atoms with Crippen molar-refractivity contribution in [1.29, 1.82) is 0 Å². The molecule has 0 bridgehead atoms. The maximum atomic E-state index is 11.5. The minimum atomic E-state index is -0.188. The minimum absolute atomic E-state index is 0.188. The Morgan fingerprint density at radius 1 is 1.29 bits per heavy atom. The quantitative estimate of drug-likeness (QED) is 0.888. The van der Waals surface area contributed by atoms with Gasteiger partial charge >= 0.3 is 6.03 Å². The second-order valence-electron chi connectivity index (χ2n) is 3.41. The third-order valence-electron chi connectivity index (χ3n) is 2.10. The molecule has 88 valence electrons. The molecule has 0 aliphatic rings. The van der Waals surface area contributed by atoms with Gasteiger partial charge in [0.1, 0.15) is 0 Å². The number of carbonyl (C=O) groups excluding carboxylic acids is 1. The first kappa shape index (κ1) is 12.1. The highest BCUT2D eigenvalue weighted by Crippen LogP contribution is 2.14. The van der Waals surface area contributed by atoms with Crippen LogP contribution in [0.4, 0.5) is 9.80 Å². The van der Waals surface area contributed by atoms with Crippen molar-refractivity contribution < 1.29 is 4.79 Å². The van der Waals surface area contributed by atoms with Gasteiger partial charge in [-0.05, 0) is 35.2 Å². The number of benzene rings is 1. The van der Waals surface area contributed by atoms with Gasteiger partial charge in [0, 0.05) is 11.0 Å². The van der Waals surface area contributed by atoms with Gasteiger partial charge in [-0.15, -0.1) is 11.3 Å². The molecule has 2 aromatic rings. The van der Waals surface area contributed by atoms with E-state index in [1.165, 1.54) is 11.3 Å². The molecular weight excluding hydrogens is 300 g/mol. The molecule has 0 aliphatic heterocycles. The molecule has 2 rings (SSSR count). The summed E-state index contributed by atoms with van der Waals surface area (Å²) in [6, 6.07) is 11.4. The topological polar surface area (TPSA) is 41.1 Å². The van der Waals surface area contributed by atoms with Crippen LogP contribution in [-0.2, 0) is 6.54 Å². The number of anilines is 1. The standard InChI is InChI=1S/C12H11BrN2OS/c13-10-4-1-3-9(7-10)8-14-12(16)15-11-5-2-6-17-11/h1-7H,8H2,(H2,14,15,16). The van der Waals surface area contributed by atoms with Crippen molar-refractivity contribution in [3.63, 3.8) is 0 Å². The molecule has 1 heterocycles. The van der Waals surface area contributed by atoms with Crippen molar-refractivity contribution in [1.82, 2.24) is 5.32 Å². The molecule has 1 aromatic carbocycles. The summed E-state index contributed by atoms with van der Waals surface area (Å²) in [6.45, 7) is 0.511. The van der Waals surface area contributed by atoms with E-state index in [-0.39, 0.29) is 6.03 Å². The van der Waals surface area contributed by atoms with Crippen LogP contribution in [0.1, 0.15) is 5.56 Å². The highest BCUT2D eigenvalue weighted by Gasteiger charge is 2.02. The third kappa shape index (κ3) is 3.87. The molecule has 2 N–H and O–H groups in total. The van der Waals surface area contributed by atoms with Crippen molar-refractivity contribution >= 4 is 38.3 Å². The molecule has 1 aromatic heterocycles. The van der Waals surface area contributed by atoms with Gasteiger partial charge in [-0.3, -0.25) is 5.32 Å². The molecule has 2 amide bonds. The van der Waals surface area contributed by atoms with Gasteiger partial charge in [-0.25, -0.2) is 4.79 Å². The lowest BCUT2D eigenvalue weighted by atomic mass is 10.2. The van der Waals surface area contributed by atoms with Crippen LogP contribution in [0.25, 0.3) is 0 Å². The summed E-state index contributed by atoms with van der Waals surface area (Å²) in [6.07, 6.45) is 0. The summed E-state index contributed by atoms with van der Waals surface area (Å²) in [7, 11) is 0. The number of thiophene rings is 1. The summed E-state index contributed by atoms with van der Waals surface area (Å²) >= 11 is 4.89. The summed E-state index contributed by atoms with van der Waals surface area (Å²) in [5, 5.41) is 8.33. The first-order valence-electron chi connectivity index (χ1n) is 5.07. The molecule has 0 aliphatic carbocycles. The molecule has 0 atom stereocenters. The van der Waals surface area contributed by atoms with E-state index >= 15 is 0 Å². The lowest BCUT2D eigenvalue weighted by Crippen LogP contribution is -2.27. The minimum Gasteiger partial charge on any atom is -0.334 e. The number of hydrogen-bond donors (Lipinski definition) is 2. The predicted molar refractivity (Wildman–Crippen MR) is 74.3 cm³/mol. The molecule has 5 heteroatoms. The number of carbonyl (C=O) groups is 1. The Labute approximate surface area is 112 Å². The average molecular weight is 311 g/mol. The number of amides is 2. The van der Waals surface area contributed by atoms with Gasteiger partial charge < -0.3 is 5.32 Å². The van der Waals surface area contributed by atoms with E-state index in [2.05, 4.69) is 26.6 Å². The molecule has 17 heavy (non-hydrogen) atoms. The molecule has 3 nitrogen and oxygen atoms in total. The van der Waals surface area contributed by atoms with Gasteiger partial charge in [0.2, 0.25) is 0 Å². The van der Waals surface area contributed by atoms with Gasteiger partial charge in [0.25, 0.3) is 0 Å². The fourth-order valence-electron chi connectivity index (χ4n) is 1.34. The van der Waals surface area contributed by atoms with Crippen LogP contribution < -0.4 is 10.6 Å². The first-order chi connectivity index (χ1) is 8.24. The van der Waals surface area contributed by atoms with Gasteiger partial charge in [-0.1, -0.05) is 28.1 Å². The van der Waals surface area contributed by atoms with Crippen LogP contribution in [0, 0.1) is 0 Å². The Balaban J connectivity index is 1.84. The number of nitrogens with one attached hydrogen (secondary N) is 2. The first-order valence-corrected chi connectivity index (χ1v) is 6.74. The van der Waals surface area contributed by atoms with E-state index in [0.717, 1.165) is 15.0 Å². The van der Waals surface area contributed by atoms with E-state index in [4.69, 9.17) is 0 Å². The van der Waals surface area contributed by atoms with Crippen LogP contribution >= 0.6 is 27.3 Å². The number of rotatable bonds is 3. The van der Waals surface area contributed by atoms with Crippen molar-refractivity contribution in [3.8, 4) is 0 Å². The normalized spacial score (nSPS) is 9.94. The average Bonchev–Trinajstić information content (AvgIpc) is 2.79. The highest BCUT2D eigenvalue weighted by molar-refractivity contribution is 9.10. The van der Waals surface area contributed by atoms with E-state index < -0.39 is 0 Å². The van der Waals surface area contributed by atoms with E-state index in [9.17, 15) is 4.79 Å². The highest BCUT2D eigenvalue weighted by atomic mass is 79.9. The largest absolute Gasteiger partial charge is 0.334 e. The monoisotopic (exact) mass is 310 g/mol. The van der Waals surface area contributed by atoms with Crippen LogP contribution in [0.3, 0.4) is 0 Å². The van der Waals surface area contributed by atoms with E-state index in [1.807, 2.05) is 41.8 Å². The van der Waals surface area contributed by atoms with Crippen LogP contribution in [0.15, 0.2) is 46.3 Å². The number of hydrogen-bond acceptors (Lipinski definition) is 2. The van der Waals surface area contributed by atoms with E-state index in [1.54, 1.807) is 0 Å². The lowest BCUT2D eigenvalue weighted by Gasteiger charge is -2.06. The van der Waals surface area contributed by atoms with Gasteiger partial charge in [0.15, 0.2) is 0 Å². The Hall–Kier alpha value is -1.33. The molecule has 0 unspecified atom stereocenters. The summed E-state index contributed by atoms with van der Waals surface area (Å²) < 4.78 is 1.01. The third-order valence-corrected chi connectivity index (χ3v) is 3.38. The van der Waals surface area contributed by atoms with Crippen molar-refractivity contribution in [3.05, 3.63) is 51.8 Å². The lowest BCUT2D eigenvalue weighted by molar-refractivity contribution is 0.252. The predicted octanol–water partition coefficient (Wildman–Crippen LogP) is 3.83. The Bertz CT molecular complexity index is 499. The zero-order chi connectivity index (χ0) is 12.1. The van der Waals surface area contributed by atoms with Gasteiger partial charge in [-0.2, -0.15) is 0 Å². The molecule has 0 saturated heterocycles. The van der Waals surface area contributed by atoms with Crippen molar-refractivity contribution in [2.24, 2.45) is 0 Å². The summed E-state index contributed by atoms with van der Waals surface area (Å²) in [5.74, 6) is 0. The second kappa shape index (κ2) is 5.84. The molecule has 0 fully saturated rings. The van der Waals surface area contributed by atoms with Crippen molar-refractivity contribution in [2.45, 2.75) is 6.54 Å².